The molecule has 1 heterocycles. The van der Waals surface area contributed by atoms with Crippen molar-refractivity contribution in [3.63, 3.8) is 0 Å². The van der Waals surface area contributed by atoms with Crippen LogP contribution in [-0.2, 0) is 0 Å². The van der Waals surface area contributed by atoms with Crippen molar-refractivity contribution < 1.29 is 14.3 Å². The number of piperidine rings is 1. The second kappa shape index (κ2) is 4.86. The first-order valence-electron chi connectivity index (χ1n) is 5.86. The maximum Gasteiger partial charge on any atom is 0.256 e. The van der Waals surface area contributed by atoms with E-state index < -0.39 is 17.3 Å². The first-order chi connectivity index (χ1) is 8.39. The van der Waals surface area contributed by atoms with E-state index >= 15 is 0 Å². The van der Waals surface area contributed by atoms with Crippen molar-refractivity contribution in [2.75, 3.05) is 13.1 Å². The van der Waals surface area contributed by atoms with E-state index in [2.05, 4.69) is 0 Å². The lowest BCUT2D eigenvalue weighted by Gasteiger charge is -2.36. The van der Waals surface area contributed by atoms with Crippen molar-refractivity contribution in [3.05, 3.63) is 34.6 Å². The van der Waals surface area contributed by atoms with Crippen molar-refractivity contribution in [2.45, 2.75) is 25.4 Å². The minimum Gasteiger partial charge on any atom is -0.388 e. The Kier molecular flexibility index (Phi) is 3.59. The second-order valence-corrected chi connectivity index (χ2v) is 5.39. The summed E-state index contributed by atoms with van der Waals surface area (Å²) in [7, 11) is 0. The fourth-order valence-electron chi connectivity index (χ4n) is 2.23. The summed E-state index contributed by atoms with van der Waals surface area (Å²) in [6.07, 6.45) is 1.36. The fourth-order valence-corrected chi connectivity index (χ4v) is 2.40. The van der Waals surface area contributed by atoms with Crippen LogP contribution in [0.1, 0.15) is 30.1 Å². The Bertz CT molecular complexity index is 476. The third-order valence-corrected chi connectivity index (χ3v) is 3.36. The molecule has 5 heteroatoms. The van der Waals surface area contributed by atoms with Crippen molar-refractivity contribution in [2.24, 2.45) is 0 Å². The summed E-state index contributed by atoms with van der Waals surface area (Å²) in [4.78, 5) is 13.6. The molecule has 2 rings (SSSR count). The Hall–Kier alpha value is -1.13. The van der Waals surface area contributed by atoms with Gasteiger partial charge in [0.15, 0.2) is 0 Å². The number of rotatable bonds is 1. The summed E-state index contributed by atoms with van der Waals surface area (Å²) in [6.45, 7) is 2.43. The SMILES string of the molecule is CC1(O)CCCN(C(=O)c2cc(Cl)ccc2F)C1. The lowest BCUT2D eigenvalue weighted by atomic mass is 9.94. The zero-order chi connectivity index (χ0) is 13.3. The third-order valence-electron chi connectivity index (χ3n) is 3.12. The number of β-amino-alcohol motifs (C(OH)–C–C–N with tert-alkyl or cyclic N) is 1. The van der Waals surface area contributed by atoms with Crippen LogP contribution in [0.4, 0.5) is 4.39 Å². The number of carbonyl (C=O) groups excluding carboxylic acids is 1. The zero-order valence-corrected chi connectivity index (χ0v) is 10.9. The van der Waals surface area contributed by atoms with Gasteiger partial charge in [0.1, 0.15) is 5.82 Å². The summed E-state index contributed by atoms with van der Waals surface area (Å²) >= 11 is 5.77. The van der Waals surface area contributed by atoms with Gasteiger partial charge in [0.2, 0.25) is 0 Å². The zero-order valence-electron chi connectivity index (χ0n) is 10.1. The highest BCUT2D eigenvalue weighted by molar-refractivity contribution is 6.31. The topological polar surface area (TPSA) is 40.5 Å². The van der Waals surface area contributed by atoms with Crippen molar-refractivity contribution >= 4 is 17.5 Å². The number of benzene rings is 1. The van der Waals surface area contributed by atoms with Crippen LogP contribution < -0.4 is 0 Å². The van der Waals surface area contributed by atoms with Crippen molar-refractivity contribution in [3.8, 4) is 0 Å². The van der Waals surface area contributed by atoms with Crippen LogP contribution in [0, 0.1) is 5.82 Å². The number of carbonyl (C=O) groups is 1. The minimum atomic E-state index is -0.900. The largest absolute Gasteiger partial charge is 0.388 e. The molecule has 1 aliphatic rings. The second-order valence-electron chi connectivity index (χ2n) is 4.95. The molecule has 1 fully saturated rings. The van der Waals surface area contributed by atoms with Crippen LogP contribution in [0.5, 0.6) is 0 Å². The predicted molar refractivity (Wildman–Crippen MR) is 67.2 cm³/mol. The molecule has 1 atom stereocenters. The number of hydrogen-bond donors (Lipinski definition) is 1. The fraction of sp³-hybridized carbons (Fsp3) is 0.462. The lowest BCUT2D eigenvalue weighted by molar-refractivity contribution is -0.0109. The smallest absolute Gasteiger partial charge is 0.256 e. The van der Waals surface area contributed by atoms with Gasteiger partial charge >= 0.3 is 0 Å². The molecule has 0 radical (unpaired) electrons. The van der Waals surface area contributed by atoms with E-state index in [1.54, 1.807) is 6.92 Å². The van der Waals surface area contributed by atoms with E-state index in [1.165, 1.54) is 23.1 Å². The van der Waals surface area contributed by atoms with Gasteiger partial charge in [-0.1, -0.05) is 11.6 Å². The van der Waals surface area contributed by atoms with Crippen LogP contribution in [0.3, 0.4) is 0 Å². The molecule has 1 N–H and O–H groups in total. The average molecular weight is 272 g/mol. The molecule has 1 saturated heterocycles. The van der Waals surface area contributed by atoms with Gasteiger partial charge in [-0.2, -0.15) is 0 Å². The van der Waals surface area contributed by atoms with Gasteiger partial charge in [0.05, 0.1) is 11.2 Å². The maximum atomic E-state index is 13.6. The van der Waals surface area contributed by atoms with Crippen molar-refractivity contribution in [1.29, 1.82) is 0 Å². The number of amides is 1. The molecule has 0 spiro atoms. The first-order valence-corrected chi connectivity index (χ1v) is 6.23. The quantitative estimate of drug-likeness (QED) is 0.852. The van der Waals surface area contributed by atoms with Crippen LogP contribution >= 0.6 is 11.6 Å². The Morgan fingerprint density at radius 3 is 2.94 bits per heavy atom. The highest BCUT2D eigenvalue weighted by Gasteiger charge is 2.32. The molecule has 18 heavy (non-hydrogen) atoms. The Morgan fingerprint density at radius 1 is 1.56 bits per heavy atom. The average Bonchev–Trinajstić information content (AvgIpc) is 2.30. The Morgan fingerprint density at radius 2 is 2.28 bits per heavy atom. The highest BCUT2D eigenvalue weighted by Crippen LogP contribution is 2.23. The molecule has 0 aliphatic carbocycles. The van der Waals surface area contributed by atoms with Crippen LogP contribution in [0.15, 0.2) is 18.2 Å². The molecule has 1 aromatic rings. The summed E-state index contributed by atoms with van der Waals surface area (Å²) in [5, 5.41) is 10.3. The molecule has 3 nitrogen and oxygen atoms in total. The van der Waals surface area contributed by atoms with E-state index in [-0.39, 0.29) is 12.1 Å². The predicted octanol–water partition coefficient (Wildman–Crippen LogP) is 2.47. The number of halogens is 2. The third kappa shape index (κ3) is 2.82. The molecule has 0 bridgehead atoms. The highest BCUT2D eigenvalue weighted by atomic mass is 35.5. The number of aliphatic hydroxyl groups is 1. The molecule has 1 aromatic carbocycles. The minimum absolute atomic E-state index is 0.0415. The molecule has 1 aliphatic heterocycles. The molecule has 0 saturated carbocycles. The van der Waals surface area contributed by atoms with Crippen LogP contribution in [0.25, 0.3) is 0 Å². The normalized spacial score (nSPS) is 24.1. The summed E-state index contributed by atoms with van der Waals surface area (Å²) < 4.78 is 13.6. The molecular weight excluding hydrogens is 257 g/mol. The molecule has 1 amide bonds. The van der Waals surface area contributed by atoms with Gasteiger partial charge in [-0.05, 0) is 38.0 Å². The molecule has 0 aromatic heterocycles. The summed E-state index contributed by atoms with van der Waals surface area (Å²) in [6, 6.07) is 3.90. The van der Waals surface area contributed by atoms with Gasteiger partial charge in [-0.3, -0.25) is 4.79 Å². The van der Waals surface area contributed by atoms with E-state index in [9.17, 15) is 14.3 Å². The number of hydrogen-bond acceptors (Lipinski definition) is 2. The number of likely N-dealkylation sites (tertiary alicyclic amines) is 1. The van der Waals surface area contributed by atoms with Gasteiger partial charge in [0.25, 0.3) is 5.91 Å². The van der Waals surface area contributed by atoms with Gasteiger partial charge in [-0.15, -0.1) is 0 Å². The molecular formula is C13H15ClFNO2. The monoisotopic (exact) mass is 271 g/mol. The van der Waals surface area contributed by atoms with Gasteiger partial charge in [0, 0.05) is 18.1 Å². The Labute approximate surface area is 110 Å². The first kappa shape index (κ1) is 13.3. The van der Waals surface area contributed by atoms with E-state index in [1.807, 2.05) is 0 Å². The van der Waals surface area contributed by atoms with Crippen molar-refractivity contribution in [1.82, 2.24) is 4.90 Å². The Balaban J connectivity index is 2.23. The van der Waals surface area contributed by atoms with Crippen LogP contribution in [0.2, 0.25) is 5.02 Å². The molecule has 1 unspecified atom stereocenters. The van der Waals surface area contributed by atoms with Crippen LogP contribution in [-0.4, -0.2) is 34.6 Å². The van der Waals surface area contributed by atoms with E-state index in [4.69, 9.17) is 11.6 Å². The standard InChI is InChI=1S/C13H15ClFNO2/c1-13(18)5-2-6-16(8-13)12(17)10-7-9(14)3-4-11(10)15/h3-4,7,18H,2,5-6,8H2,1H3. The summed E-state index contributed by atoms with van der Waals surface area (Å²) in [5.41, 5.74) is -0.941. The number of nitrogens with zero attached hydrogens (tertiary/aromatic N) is 1. The van der Waals surface area contributed by atoms with E-state index in [0.29, 0.717) is 24.4 Å². The summed E-state index contributed by atoms with van der Waals surface area (Å²) in [5.74, 6) is -1.01. The maximum absolute atomic E-state index is 13.6. The molecule has 98 valence electrons. The lowest BCUT2D eigenvalue weighted by Crippen LogP contribution is -2.48. The van der Waals surface area contributed by atoms with E-state index in [0.717, 1.165) is 0 Å². The van der Waals surface area contributed by atoms with Gasteiger partial charge < -0.3 is 10.0 Å². The van der Waals surface area contributed by atoms with Gasteiger partial charge in [-0.25, -0.2) is 4.39 Å².